The Labute approximate surface area is 91.2 Å². The van der Waals surface area contributed by atoms with Crippen LogP contribution in [0.15, 0.2) is 0 Å². The Kier molecular flexibility index (Phi) is 2.43. The summed E-state index contributed by atoms with van der Waals surface area (Å²) in [7, 11) is 0. The zero-order chi connectivity index (χ0) is 10.3. The summed E-state index contributed by atoms with van der Waals surface area (Å²) in [5, 5.41) is 3.38. The molecule has 0 radical (unpaired) electrons. The molecular formula is C12H20N2O. The van der Waals surface area contributed by atoms with Gasteiger partial charge < -0.3 is 10.2 Å². The predicted octanol–water partition coefficient (Wildman–Crippen LogP) is 0.854. The number of nitrogens with zero attached hydrogens (tertiary/aromatic N) is 1. The van der Waals surface area contributed by atoms with Crippen LogP contribution in [0.1, 0.15) is 25.7 Å². The van der Waals surface area contributed by atoms with Crippen LogP contribution >= 0.6 is 0 Å². The van der Waals surface area contributed by atoms with Gasteiger partial charge in [-0.2, -0.15) is 0 Å². The van der Waals surface area contributed by atoms with Crippen LogP contribution in [0.5, 0.6) is 0 Å². The molecule has 2 unspecified atom stereocenters. The molecule has 3 heteroatoms. The highest BCUT2D eigenvalue weighted by Crippen LogP contribution is 2.41. The maximum Gasteiger partial charge on any atom is 0.226 e. The van der Waals surface area contributed by atoms with Crippen LogP contribution in [0, 0.1) is 17.8 Å². The molecule has 3 fully saturated rings. The lowest BCUT2D eigenvalue weighted by atomic mass is 9.76. The van der Waals surface area contributed by atoms with E-state index in [4.69, 9.17) is 0 Å². The zero-order valence-corrected chi connectivity index (χ0v) is 9.24. The number of nitrogens with one attached hydrogen (secondary N) is 1. The average molecular weight is 208 g/mol. The van der Waals surface area contributed by atoms with Crippen LogP contribution in [0.25, 0.3) is 0 Å². The first-order chi connectivity index (χ1) is 7.34. The minimum absolute atomic E-state index is 0.423. The van der Waals surface area contributed by atoms with Gasteiger partial charge in [-0.1, -0.05) is 0 Å². The highest BCUT2D eigenvalue weighted by atomic mass is 16.2. The SMILES string of the molecule is O=C1C2CCC2CN1CC1CCNCC1. The maximum atomic E-state index is 12.0. The summed E-state index contributed by atoms with van der Waals surface area (Å²) < 4.78 is 0. The van der Waals surface area contributed by atoms with Gasteiger partial charge in [-0.15, -0.1) is 0 Å². The molecular weight excluding hydrogens is 188 g/mol. The lowest BCUT2D eigenvalue weighted by Crippen LogP contribution is -2.37. The van der Waals surface area contributed by atoms with Gasteiger partial charge in [-0.3, -0.25) is 4.79 Å². The van der Waals surface area contributed by atoms with Gasteiger partial charge in [0.25, 0.3) is 0 Å². The van der Waals surface area contributed by atoms with E-state index in [2.05, 4.69) is 10.2 Å². The molecule has 1 amide bonds. The second kappa shape index (κ2) is 3.78. The van der Waals surface area contributed by atoms with E-state index in [1.54, 1.807) is 0 Å². The number of carbonyl (C=O) groups is 1. The summed E-state index contributed by atoms with van der Waals surface area (Å²) in [5.41, 5.74) is 0. The van der Waals surface area contributed by atoms with Crippen LogP contribution in [0.2, 0.25) is 0 Å². The van der Waals surface area contributed by atoms with E-state index in [9.17, 15) is 4.79 Å². The Morgan fingerprint density at radius 2 is 2.00 bits per heavy atom. The molecule has 0 aromatic carbocycles. The molecule has 3 aliphatic rings. The van der Waals surface area contributed by atoms with Crippen molar-refractivity contribution in [1.82, 2.24) is 10.2 Å². The van der Waals surface area contributed by atoms with Gasteiger partial charge in [-0.25, -0.2) is 0 Å². The minimum atomic E-state index is 0.423. The van der Waals surface area contributed by atoms with Crippen LogP contribution in [0.3, 0.4) is 0 Å². The van der Waals surface area contributed by atoms with Gasteiger partial charge in [0, 0.05) is 19.0 Å². The molecule has 2 atom stereocenters. The van der Waals surface area contributed by atoms with Crippen molar-refractivity contribution >= 4 is 5.91 Å². The topological polar surface area (TPSA) is 32.3 Å². The summed E-state index contributed by atoms with van der Waals surface area (Å²) >= 11 is 0. The third-order valence-corrected chi connectivity index (χ3v) is 4.44. The van der Waals surface area contributed by atoms with Gasteiger partial charge >= 0.3 is 0 Å². The maximum absolute atomic E-state index is 12.0. The minimum Gasteiger partial charge on any atom is -0.342 e. The first-order valence-corrected chi connectivity index (χ1v) is 6.34. The standard InChI is InChI=1S/C12H20N2O/c15-12-11-2-1-10(11)8-14(12)7-9-3-5-13-6-4-9/h9-11,13H,1-8H2. The molecule has 15 heavy (non-hydrogen) atoms. The number of hydrogen-bond donors (Lipinski definition) is 1. The monoisotopic (exact) mass is 208 g/mol. The molecule has 3 rings (SSSR count). The molecule has 2 aliphatic heterocycles. The Hall–Kier alpha value is -0.570. The van der Waals surface area contributed by atoms with Crippen molar-refractivity contribution < 1.29 is 4.79 Å². The molecule has 0 spiro atoms. The van der Waals surface area contributed by atoms with Crippen LogP contribution in [-0.2, 0) is 4.79 Å². The number of hydrogen-bond acceptors (Lipinski definition) is 2. The van der Waals surface area contributed by atoms with Crippen molar-refractivity contribution in [3.05, 3.63) is 0 Å². The number of piperidine rings is 1. The number of carbonyl (C=O) groups excluding carboxylic acids is 1. The molecule has 0 aromatic rings. The van der Waals surface area contributed by atoms with E-state index in [1.807, 2.05) is 0 Å². The van der Waals surface area contributed by atoms with Crippen LogP contribution in [-0.4, -0.2) is 37.0 Å². The van der Waals surface area contributed by atoms with E-state index >= 15 is 0 Å². The van der Waals surface area contributed by atoms with Crippen LogP contribution < -0.4 is 5.32 Å². The fraction of sp³-hybridized carbons (Fsp3) is 0.917. The summed E-state index contributed by atoms with van der Waals surface area (Å²) in [6.07, 6.45) is 4.95. The Bertz CT molecular complexity index is 260. The van der Waals surface area contributed by atoms with E-state index in [0.29, 0.717) is 11.8 Å². The highest BCUT2D eigenvalue weighted by Gasteiger charge is 2.46. The van der Waals surface area contributed by atoms with Crippen molar-refractivity contribution in [1.29, 1.82) is 0 Å². The number of fused-ring (bicyclic) bond motifs is 1. The first-order valence-electron chi connectivity index (χ1n) is 6.34. The molecule has 2 saturated heterocycles. The van der Waals surface area contributed by atoms with Crippen molar-refractivity contribution in [2.24, 2.45) is 17.8 Å². The van der Waals surface area contributed by atoms with Gasteiger partial charge in [0.2, 0.25) is 5.91 Å². The van der Waals surface area contributed by atoms with E-state index in [1.165, 1.54) is 19.3 Å². The van der Waals surface area contributed by atoms with Gasteiger partial charge in [0.1, 0.15) is 0 Å². The van der Waals surface area contributed by atoms with Gasteiger partial charge in [0.05, 0.1) is 0 Å². The molecule has 3 nitrogen and oxygen atoms in total. The number of likely N-dealkylation sites (tertiary alicyclic amines) is 1. The lowest BCUT2D eigenvalue weighted by molar-refractivity contribution is -0.133. The molecule has 1 saturated carbocycles. The second-order valence-electron chi connectivity index (χ2n) is 5.38. The van der Waals surface area contributed by atoms with Gasteiger partial charge in [0.15, 0.2) is 0 Å². The fourth-order valence-corrected chi connectivity index (χ4v) is 3.26. The van der Waals surface area contributed by atoms with E-state index in [0.717, 1.165) is 44.4 Å². The predicted molar refractivity (Wildman–Crippen MR) is 58.4 cm³/mol. The Balaban J connectivity index is 1.56. The highest BCUT2D eigenvalue weighted by molar-refractivity contribution is 5.82. The van der Waals surface area contributed by atoms with Crippen molar-refractivity contribution in [3.63, 3.8) is 0 Å². The number of rotatable bonds is 2. The molecule has 84 valence electrons. The van der Waals surface area contributed by atoms with Crippen molar-refractivity contribution in [2.75, 3.05) is 26.2 Å². The van der Waals surface area contributed by atoms with E-state index in [-0.39, 0.29) is 0 Å². The summed E-state index contributed by atoms with van der Waals surface area (Å²) in [4.78, 5) is 14.1. The quantitative estimate of drug-likeness (QED) is 0.730. The average Bonchev–Trinajstić information content (AvgIpc) is 2.42. The van der Waals surface area contributed by atoms with Gasteiger partial charge in [-0.05, 0) is 50.6 Å². The van der Waals surface area contributed by atoms with Crippen LogP contribution in [0.4, 0.5) is 0 Å². The smallest absolute Gasteiger partial charge is 0.226 e. The number of amides is 1. The summed E-state index contributed by atoms with van der Waals surface area (Å²) in [6, 6.07) is 0. The largest absolute Gasteiger partial charge is 0.342 e. The first kappa shape index (κ1) is 9.64. The van der Waals surface area contributed by atoms with E-state index < -0.39 is 0 Å². The molecule has 0 bridgehead atoms. The second-order valence-corrected chi connectivity index (χ2v) is 5.38. The third-order valence-electron chi connectivity index (χ3n) is 4.44. The summed E-state index contributed by atoms with van der Waals surface area (Å²) in [5.74, 6) is 2.36. The Morgan fingerprint density at radius 3 is 2.53 bits per heavy atom. The molecule has 2 heterocycles. The van der Waals surface area contributed by atoms with Crippen molar-refractivity contribution in [3.8, 4) is 0 Å². The normalized spacial score (nSPS) is 36.5. The fourth-order valence-electron chi connectivity index (χ4n) is 3.26. The summed E-state index contributed by atoms with van der Waals surface area (Å²) in [6.45, 7) is 4.38. The zero-order valence-electron chi connectivity index (χ0n) is 9.24. The molecule has 1 N–H and O–H groups in total. The van der Waals surface area contributed by atoms with Crippen molar-refractivity contribution in [2.45, 2.75) is 25.7 Å². The lowest BCUT2D eigenvalue weighted by Gasteiger charge is -2.27. The molecule has 0 aromatic heterocycles. The molecule has 1 aliphatic carbocycles. The third kappa shape index (κ3) is 1.67. The Morgan fingerprint density at radius 1 is 1.20 bits per heavy atom.